The van der Waals surface area contributed by atoms with Crippen molar-refractivity contribution in [2.75, 3.05) is 11.1 Å². The van der Waals surface area contributed by atoms with Crippen LogP contribution in [-0.2, 0) is 17.9 Å². The maximum absolute atomic E-state index is 12.4. The van der Waals surface area contributed by atoms with Crippen LogP contribution in [0.25, 0.3) is 0 Å². The predicted octanol–water partition coefficient (Wildman–Crippen LogP) is 5.01. The lowest BCUT2D eigenvalue weighted by Gasteiger charge is -2.11. The number of nitrogens with zero attached hydrogens (tertiary/aromatic N) is 3. The summed E-state index contributed by atoms with van der Waals surface area (Å²) in [6, 6.07) is 12.0. The molecule has 6 nitrogen and oxygen atoms in total. The second-order valence-corrected chi connectivity index (χ2v) is 8.43. The number of rotatable bonds is 9. The van der Waals surface area contributed by atoms with Crippen molar-refractivity contribution < 1.29 is 9.53 Å². The summed E-state index contributed by atoms with van der Waals surface area (Å²) in [7, 11) is 0. The van der Waals surface area contributed by atoms with E-state index < -0.39 is 0 Å². The highest BCUT2D eigenvalue weighted by Crippen LogP contribution is 2.22. The van der Waals surface area contributed by atoms with Crippen LogP contribution in [0.1, 0.15) is 28.1 Å². The van der Waals surface area contributed by atoms with Gasteiger partial charge in [-0.15, -0.1) is 16.8 Å². The molecular weight excluding hydrogens is 408 g/mol. The average molecular weight is 437 g/mol. The Hall–Kier alpha value is -3.06. The van der Waals surface area contributed by atoms with Crippen molar-refractivity contribution in [3.63, 3.8) is 0 Å². The number of carbonyl (C=O) groups is 1. The summed E-state index contributed by atoms with van der Waals surface area (Å²) in [6.07, 6.45) is 1.78. The van der Waals surface area contributed by atoms with E-state index in [-0.39, 0.29) is 11.7 Å². The van der Waals surface area contributed by atoms with Gasteiger partial charge in [-0.1, -0.05) is 41.6 Å². The Balaban J connectivity index is 1.63. The molecule has 1 N–H and O–H groups in total. The summed E-state index contributed by atoms with van der Waals surface area (Å²) in [5.41, 5.74) is 5.40. The topological polar surface area (TPSA) is 69.0 Å². The maximum atomic E-state index is 12.4. The Morgan fingerprint density at radius 2 is 1.90 bits per heavy atom. The van der Waals surface area contributed by atoms with Crippen molar-refractivity contribution >= 4 is 23.4 Å². The standard InChI is InChI=1S/C24H28N4O2S/c1-6-11-28-22(14-30-21-10-7-16(2)12-19(21)5)26-27-24(28)31-15-23(29)25-20-9-8-17(3)18(4)13-20/h6-10,12-13H,1,11,14-15H2,2-5H3,(H,25,29). The number of allylic oxidation sites excluding steroid dienone is 1. The first-order valence-electron chi connectivity index (χ1n) is 10.1. The van der Waals surface area contributed by atoms with E-state index >= 15 is 0 Å². The summed E-state index contributed by atoms with van der Waals surface area (Å²) in [5.74, 6) is 1.66. The highest BCUT2D eigenvalue weighted by atomic mass is 32.2. The molecule has 31 heavy (non-hydrogen) atoms. The van der Waals surface area contributed by atoms with Gasteiger partial charge >= 0.3 is 0 Å². The Kier molecular flexibility index (Phi) is 7.52. The quantitative estimate of drug-likeness (QED) is 0.377. The number of carbonyl (C=O) groups excluding carboxylic acids is 1. The first kappa shape index (κ1) is 22.6. The van der Waals surface area contributed by atoms with Gasteiger partial charge in [-0.05, 0) is 62.6 Å². The van der Waals surface area contributed by atoms with Crippen molar-refractivity contribution in [2.24, 2.45) is 0 Å². The molecule has 3 aromatic rings. The molecule has 162 valence electrons. The Labute approximate surface area is 187 Å². The monoisotopic (exact) mass is 436 g/mol. The van der Waals surface area contributed by atoms with Crippen LogP contribution in [0.5, 0.6) is 5.75 Å². The maximum Gasteiger partial charge on any atom is 0.234 e. The molecule has 0 atom stereocenters. The second kappa shape index (κ2) is 10.3. The van der Waals surface area contributed by atoms with Gasteiger partial charge < -0.3 is 10.1 Å². The van der Waals surface area contributed by atoms with Gasteiger partial charge in [0.2, 0.25) is 5.91 Å². The smallest absolute Gasteiger partial charge is 0.234 e. The Bertz CT molecular complexity index is 1090. The molecule has 1 heterocycles. The lowest BCUT2D eigenvalue weighted by atomic mass is 10.1. The van der Waals surface area contributed by atoms with Gasteiger partial charge in [0.1, 0.15) is 12.4 Å². The molecule has 7 heteroatoms. The number of benzene rings is 2. The van der Waals surface area contributed by atoms with Crippen LogP contribution in [-0.4, -0.2) is 26.4 Å². The summed E-state index contributed by atoms with van der Waals surface area (Å²) in [5, 5.41) is 12.1. The molecule has 0 bridgehead atoms. The highest BCUT2D eigenvalue weighted by molar-refractivity contribution is 7.99. The first-order chi connectivity index (χ1) is 14.9. The molecule has 0 saturated heterocycles. The summed E-state index contributed by atoms with van der Waals surface area (Å²) < 4.78 is 7.88. The van der Waals surface area contributed by atoms with E-state index in [4.69, 9.17) is 4.74 Å². The molecule has 0 radical (unpaired) electrons. The molecule has 0 saturated carbocycles. The van der Waals surface area contributed by atoms with Crippen molar-refractivity contribution in [1.29, 1.82) is 0 Å². The van der Waals surface area contributed by atoms with Crippen molar-refractivity contribution in [1.82, 2.24) is 14.8 Å². The van der Waals surface area contributed by atoms with Gasteiger partial charge in [-0.3, -0.25) is 9.36 Å². The van der Waals surface area contributed by atoms with Crippen molar-refractivity contribution in [3.8, 4) is 5.75 Å². The highest BCUT2D eigenvalue weighted by Gasteiger charge is 2.15. The second-order valence-electron chi connectivity index (χ2n) is 7.49. The Morgan fingerprint density at radius 1 is 1.10 bits per heavy atom. The number of hydrogen-bond donors (Lipinski definition) is 1. The minimum Gasteiger partial charge on any atom is -0.485 e. The van der Waals surface area contributed by atoms with Gasteiger partial charge in [-0.2, -0.15) is 0 Å². The van der Waals surface area contributed by atoms with Crippen LogP contribution in [0.15, 0.2) is 54.2 Å². The third-order valence-corrected chi connectivity index (χ3v) is 5.88. The minimum absolute atomic E-state index is 0.0884. The number of anilines is 1. The SMILES string of the molecule is C=CCn1c(COc2ccc(C)cc2C)nnc1SCC(=O)Nc1ccc(C)c(C)c1. The Morgan fingerprint density at radius 3 is 2.61 bits per heavy atom. The number of ether oxygens (including phenoxy) is 1. The zero-order valence-electron chi connectivity index (χ0n) is 18.4. The third-order valence-electron chi connectivity index (χ3n) is 4.92. The van der Waals surface area contributed by atoms with Crippen LogP contribution in [0.4, 0.5) is 5.69 Å². The van der Waals surface area contributed by atoms with E-state index in [0.29, 0.717) is 24.1 Å². The number of aryl methyl sites for hydroxylation is 4. The van der Waals surface area contributed by atoms with Crippen LogP contribution < -0.4 is 10.1 Å². The lowest BCUT2D eigenvalue weighted by molar-refractivity contribution is -0.113. The van der Waals surface area contributed by atoms with Crippen molar-refractivity contribution in [3.05, 3.63) is 77.1 Å². The fourth-order valence-electron chi connectivity index (χ4n) is 3.09. The van der Waals surface area contributed by atoms with Crippen LogP contribution in [0.2, 0.25) is 0 Å². The van der Waals surface area contributed by atoms with Gasteiger partial charge in [0.25, 0.3) is 0 Å². The molecule has 0 aliphatic heterocycles. The van der Waals surface area contributed by atoms with E-state index in [1.54, 1.807) is 6.08 Å². The predicted molar refractivity (Wildman–Crippen MR) is 126 cm³/mol. The van der Waals surface area contributed by atoms with E-state index in [0.717, 1.165) is 22.6 Å². The van der Waals surface area contributed by atoms with E-state index in [2.05, 4.69) is 35.1 Å². The summed E-state index contributed by atoms with van der Waals surface area (Å²) in [4.78, 5) is 12.4. The molecule has 0 spiro atoms. The zero-order valence-corrected chi connectivity index (χ0v) is 19.3. The normalized spacial score (nSPS) is 10.7. The van der Waals surface area contributed by atoms with Crippen LogP contribution in [0, 0.1) is 27.7 Å². The minimum atomic E-state index is -0.0884. The van der Waals surface area contributed by atoms with Gasteiger partial charge in [0, 0.05) is 12.2 Å². The lowest BCUT2D eigenvalue weighted by Crippen LogP contribution is -2.15. The molecule has 2 aromatic carbocycles. The summed E-state index contributed by atoms with van der Waals surface area (Å²) >= 11 is 1.34. The van der Waals surface area contributed by atoms with Crippen LogP contribution >= 0.6 is 11.8 Å². The number of amides is 1. The van der Waals surface area contributed by atoms with Gasteiger partial charge in [-0.25, -0.2) is 0 Å². The largest absolute Gasteiger partial charge is 0.485 e. The molecule has 0 aliphatic carbocycles. The summed E-state index contributed by atoms with van der Waals surface area (Å²) in [6.45, 7) is 12.8. The van der Waals surface area contributed by atoms with Gasteiger partial charge in [0.05, 0.1) is 5.75 Å². The molecule has 1 aromatic heterocycles. The molecule has 1 amide bonds. The fourth-order valence-corrected chi connectivity index (χ4v) is 3.86. The third kappa shape index (κ3) is 5.98. The van der Waals surface area contributed by atoms with E-state index in [9.17, 15) is 4.79 Å². The molecule has 0 aliphatic rings. The van der Waals surface area contributed by atoms with Gasteiger partial charge in [0.15, 0.2) is 11.0 Å². The molecule has 0 unspecified atom stereocenters. The van der Waals surface area contributed by atoms with Crippen LogP contribution in [0.3, 0.4) is 0 Å². The number of hydrogen-bond acceptors (Lipinski definition) is 5. The fraction of sp³-hybridized carbons (Fsp3) is 0.292. The molecular formula is C24H28N4O2S. The zero-order chi connectivity index (χ0) is 22.4. The number of nitrogens with one attached hydrogen (secondary N) is 1. The van der Waals surface area contributed by atoms with E-state index in [1.165, 1.54) is 22.9 Å². The van der Waals surface area contributed by atoms with Crippen molar-refractivity contribution in [2.45, 2.75) is 46.0 Å². The molecule has 3 rings (SSSR count). The number of aromatic nitrogens is 3. The number of thioether (sulfide) groups is 1. The first-order valence-corrected chi connectivity index (χ1v) is 11.1. The average Bonchev–Trinajstić information content (AvgIpc) is 3.10. The molecule has 0 fully saturated rings. The van der Waals surface area contributed by atoms with E-state index in [1.807, 2.05) is 55.7 Å².